The molecule has 16 heavy (non-hydrogen) atoms. The molecule has 0 radical (unpaired) electrons. The lowest BCUT2D eigenvalue weighted by Gasteiger charge is -2.09. The summed E-state index contributed by atoms with van der Waals surface area (Å²) < 4.78 is 39.3. The maximum absolute atomic E-state index is 12.6. The molecule has 0 amide bonds. The van der Waals surface area contributed by atoms with Gasteiger partial charge in [-0.05, 0) is 26.8 Å². The van der Waals surface area contributed by atoms with Gasteiger partial charge in [-0.1, -0.05) is 0 Å². The van der Waals surface area contributed by atoms with Crippen LogP contribution in [0.3, 0.4) is 0 Å². The lowest BCUT2D eigenvalue weighted by atomic mass is 10.2. The molecule has 0 aliphatic heterocycles. The first-order chi connectivity index (χ1) is 7.30. The third-order valence-electron chi connectivity index (χ3n) is 2.56. The quantitative estimate of drug-likeness (QED) is 0.695. The van der Waals surface area contributed by atoms with E-state index < -0.39 is 11.7 Å². The smallest absolute Gasteiger partial charge is 0.232 e. The van der Waals surface area contributed by atoms with Crippen molar-refractivity contribution in [2.75, 3.05) is 0 Å². The fourth-order valence-corrected chi connectivity index (χ4v) is 1.57. The number of imidazole rings is 1. The highest BCUT2D eigenvalue weighted by molar-refractivity contribution is 5.45. The van der Waals surface area contributed by atoms with Gasteiger partial charge in [0.2, 0.25) is 0 Å². The Labute approximate surface area is 89.9 Å². The molecule has 0 bridgehead atoms. The molecule has 0 saturated heterocycles. The van der Waals surface area contributed by atoms with Crippen LogP contribution in [0.25, 0.3) is 5.65 Å². The number of aryl methyl sites for hydroxylation is 3. The molecule has 0 aromatic carbocycles. The van der Waals surface area contributed by atoms with Crippen molar-refractivity contribution >= 4 is 5.65 Å². The van der Waals surface area contributed by atoms with E-state index in [1.807, 2.05) is 0 Å². The zero-order chi connectivity index (χ0) is 12.1. The average molecular weight is 229 g/mol. The van der Waals surface area contributed by atoms with Crippen LogP contribution < -0.4 is 0 Å². The second-order valence-electron chi connectivity index (χ2n) is 3.69. The lowest BCUT2D eigenvalue weighted by Crippen LogP contribution is -2.11. The van der Waals surface area contributed by atoms with Gasteiger partial charge < -0.3 is 0 Å². The minimum Gasteiger partial charge on any atom is -0.232 e. The van der Waals surface area contributed by atoms with E-state index in [1.54, 1.807) is 13.8 Å². The van der Waals surface area contributed by atoms with Crippen LogP contribution in [-0.4, -0.2) is 14.6 Å². The monoisotopic (exact) mass is 229 g/mol. The summed E-state index contributed by atoms with van der Waals surface area (Å²) in [4.78, 5) is 4.03. The molecule has 0 atom stereocenters. The molecular formula is C10H10F3N3. The summed E-state index contributed by atoms with van der Waals surface area (Å²) in [5.41, 5.74) is 0.900. The van der Waals surface area contributed by atoms with Crippen LogP contribution in [0, 0.1) is 20.8 Å². The van der Waals surface area contributed by atoms with Gasteiger partial charge in [0.25, 0.3) is 0 Å². The minimum atomic E-state index is -4.38. The van der Waals surface area contributed by atoms with Crippen molar-refractivity contribution in [2.45, 2.75) is 26.9 Å². The molecule has 86 valence electrons. The predicted molar refractivity (Wildman–Crippen MR) is 52.2 cm³/mol. The Morgan fingerprint density at radius 2 is 1.75 bits per heavy atom. The van der Waals surface area contributed by atoms with E-state index in [2.05, 4.69) is 10.1 Å². The van der Waals surface area contributed by atoms with Gasteiger partial charge in [0.15, 0.2) is 5.65 Å². The van der Waals surface area contributed by atoms with Gasteiger partial charge in [0.05, 0.1) is 22.6 Å². The van der Waals surface area contributed by atoms with E-state index in [1.165, 1.54) is 11.4 Å². The van der Waals surface area contributed by atoms with Gasteiger partial charge in [-0.2, -0.15) is 18.3 Å². The Morgan fingerprint density at radius 3 is 2.31 bits per heavy atom. The molecule has 0 saturated carbocycles. The normalized spacial score (nSPS) is 12.4. The SMILES string of the molecule is Cc1nn2c(C)c(C)nc2cc1C(F)(F)F. The number of hydrogen-bond acceptors (Lipinski definition) is 2. The number of hydrogen-bond donors (Lipinski definition) is 0. The van der Waals surface area contributed by atoms with Crippen molar-refractivity contribution in [1.29, 1.82) is 0 Å². The Balaban J connectivity index is 2.78. The second kappa shape index (κ2) is 3.20. The van der Waals surface area contributed by atoms with E-state index in [0.29, 0.717) is 5.69 Å². The molecule has 0 unspecified atom stereocenters. The minimum absolute atomic E-state index is 0.0412. The molecular weight excluding hydrogens is 219 g/mol. The highest BCUT2D eigenvalue weighted by Gasteiger charge is 2.34. The van der Waals surface area contributed by atoms with Crippen LogP contribution in [0.5, 0.6) is 0 Å². The van der Waals surface area contributed by atoms with E-state index in [4.69, 9.17) is 0 Å². The number of nitrogens with zero attached hydrogens (tertiary/aromatic N) is 3. The first kappa shape index (κ1) is 10.9. The number of alkyl halides is 3. The van der Waals surface area contributed by atoms with Crippen LogP contribution in [0.15, 0.2) is 6.07 Å². The Hall–Kier alpha value is -1.59. The lowest BCUT2D eigenvalue weighted by molar-refractivity contribution is -0.138. The average Bonchev–Trinajstić information content (AvgIpc) is 2.41. The van der Waals surface area contributed by atoms with Crippen molar-refractivity contribution in [3.63, 3.8) is 0 Å². The molecule has 0 spiro atoms. The van der Waals surface area contributed by atoms with Gasteiger partial charge in [-0.25, -0.2) is 9.50 Å². The van der Waals surface area contributed by atoms with Gasteiger partial charge in [0.1, 0.15) is 0 Å². The summed E-state index contributed by atoms with van der Waals surface area (Å²) in [6.45, 7) is 4.86. The molecule has 6 heteroatoms. The first-order valence-electron chi connectivity index (χ1n) is 4.71. The summed E-state index contributed by atoms with van der Waals surface area (Å²) >= 11 is 0. The zero-order valence-electron chi connectivity index (χ0n) is 9.05. The van der Waals surface area contributed by atoms with Gasteiger partial charge >= 0.3 is 6.18 Å². The van der Waals surface area contributed by atoms with Crippen LogP contribution in [0.2, 0.25) is 0 Å². The third-order valence-corrected chi connectivity index (χ3v) is 2.56. The molecule has 2 rings (SSSR count). The maximum atomic E-state index is 12.6. The number of rotatable bonds is 0. The van der Waals surface area contributed by atoms with E-state index >= 15 is 0 Å². The largest absolute Gasteiger partial charge is 0.418 e. The molecule has 0 N–H and O–H groups in total. The fraction of sp³-hybridized carbons (Fsp3) is 0.400. The van der Waals surface area contributed by atoms with Crippen molar-refractivity contribution in [1.82, 2.24) is 14.6 Å². The third kappa shape index (κ3) is 1.54. The van der Waals surface area contributed by atoms with Gasteiger partial charge in [0, 0.05) is 0 Å². The highest BCUT2D eigenvalue weighted by Crippen LogP contribution is 2.31. The Morgan fingerprint density at radius 1 is 1.12 bits per heavy atom. The Bertz CT molecular complexity index is 554. The van der Waals surface area contributed by atoms with E-state index in [9.17, 15) is 13.2 Å². The number of aromatic nitrogens is 3. The van der Waals surface area contributed by atoms with Crippen molar-refractivity contribution in [3.05, 3.63) is 28.7 Å². The van der Waals surface area contributed by atoms with Crippen molar-refractivity contribution in [3.8, 4) is 0 Å². The van der Waals surface area contributed by atoms with Crippen LogP contribution in [0.4, 0.5) is 13.2 Å². The topological polar surface area (TPSA) is 30.2 Å². The molecule has 2 heterocycles. The fourth-order valence-electron chi connectivity index (χ4n) is 1.57. The summed E-state index contributed by atoms with van der Waals surface area (Å²) in [5.74, 6) is 0. The summed E-state index contributed by atoms with van der Waals surface area (Å²) in [6, 6.07) is 1.03. The Kier molecular flexibility index (Phi) is 2.18. The van der Waals surface area contributed by atoms with Crippen molar-refractivity contribution in [2.24, 2.45) is 0 Å². The summed E-state index contributed by atoms with van der Waals surface area (Å²) in [7, 11) is 0. The van der Waals surface area contributed by atoms with Crippen LogP contribution >= 0.6 is 0 Å². The molecule has 0 aliphatic rings. The molecule has 0 aliphatic carbocycles. The molecule has 2 aromatic heterocycles. The van der Waals surface area contributed by atoms with Crippen molar-refractivity contribution < 1.29 is 13.2 Å². The molecule has 2 aromatic rings. The zero-order valence-corrected chi connectivity index (χ0v) is 9.05. The number of halogens is 3. The number of fused-ring (bicyclic) bond motifs is 1. The van der Waals surface area contributed by atoms with Gasteiger partial charge in [-0.15, -0.1) is 0 Å². The van der Waals surface area contributed by atoms with E-state index in [-0.39, 0.29) is 11.3 Å². The molecule has 0 fully saturated rings. The maximum Gasteiger partial charge on any atom is 0.418 e. The molecule has 3 nitrogen and oxygen atoms in total. The first-order valence-corrected chi connectivity index (χ1v) is 4.71. The summed E-state index contributed by atoms with van der Waals surface area (Å²) in [6.07, 6.45) is -4.38. The predicted octanol–water partition coefficient (Wildman–Crippen LogP) is 2.67. The summed E-state index contributed by atoms with van der Waals surface area (Å²) in [5, 5.41) is 3.90. The standard InChI is InChI=1S/C10H10F3N3/c1-5-7(3)16-9(14-5)4-8(6(2)15-16)10(11,12)13/h4H,1-3H3. The van der Waals surface area contributed by atoms with E-state index in [0.717, 1.165) is 11.8 Å². The van der Waals surface area contributed by atoms with Crippen LogP contribution in [-0.2, 0) is 6.18 Å². The second-order valence-corrected chi connectivity index (χ2v) is 3.69. The van der Waals surface area contributed by atoms with Gasteiger partial charge in [-0.3, -0.25) is 0 Å². The van der Waals surface area contributed by atoms with Crippen LogP contribution in [0.1, 0.15) is 22.6 Å². The highest BCUT2D eigenvalue weighted by atomic mass is 19.4.